The van der Waals surface area contributed by atoms with Crippen LogP contribution in [0.2, 0.25) is 0 Å². The predicted molar refractivity (Wildman–Crippen MR) is 97.7 cm³/mol. The number of para-hydroxylation sites is 1. The third kappa shape index (κ3) is 4.76. The highest BCUT2D eigenvalue weighted by atomic mass is 16.5. The fourth-order valence-electron chi connectivity index (χ4n) is 3.16. The van der Waals surface area contributed by atoms with Gasteiger partial charge in [0.25, 0.3) is 5.91 Å². The lowest BCUT2D eigenvalue weighted by molar-refractivity contribution is 0.0805. The summed E-state index contributed by atoms with van der Waals surface area (Å²) < 4.78 is 5.61. The van der Waals surface area contributed by atoms with Gasteiger partial charge in [-0.1, -0.05) is 37.5 Å². The van der Waals surface area contributed by atoms with E-state index in [1.807, 2.05) is 30.3 Å². The SMILES string of the molecule is CO[C@H]1CCCCC[C@@H]1Nc1ccc(C(=O)Nc2ccccc2)nn1. The first-order valence-electron chi connectivity index (χ1n) is 8.76. The maximum Gasteiger partial charge on any atom is 0.276 e. The molecule has 6 heteroatoms. The highest BCUT2D eigenvalue weighted by Crippen LogP contribution is 2.22. The quantitative estimate of drug-likeness (QED) is 0.815. The Labute approximate surface area is 148 Å². The number of amides is 1. The smallest absolute Gasteiger partial charge is 0.276 e. The first-order valence-corrected chi connectivity index (χ1v) is 8.76. The van der Waals surface area contributed by atoms with Crippen molar-refractivity contribution in [2.24, 2.45) is 0 Å². The molecule has 0 spiro atoms. The molecule has 1 aliphatic carbocycles. The highest BCUT2D eigenvalue weighted by molar-refractivity contribution is 6.02. The van der Waals surface area contributed by atoms with Crippen molar-refractivity contribution in [1.82, 2.24) is 10.2 Å². The van der Waals surface area contributed by atoms with Crippen LogP contribution in [0, 0.1) is 0 Å². The van der Waals surface area contributed by atoms with Gasteiger partial charge < -0.3 is 15.4 Å². The maximum absolute atomic E-state index is 12.2. The molecule has 132 valence electrons. The van der Waals surface area contributed by atoms with Gasteiger partial charge >= 0.3 is 0 Å². The number of nitrogens with one attached hydrogen (secondary N) is 2. The first-order chi connectivity index (χ1) is 12.3. The molecule has 6 nitrogen and oxygen atoms in total. The summed E-state index contributed by atoms with van der Waals surface area (Å²) in [6.07, 6.45) is 5.91. The molecule has 2 aromatic rings. The van der Waals surface area contributed by atoms with E-state index < -0.39 is 0 Å². The second-order valence-electron chi connectivity index (χ2n) is 6.29. The zero-order chi connectivity index (χ0) is 17.5. The summed E-state index contributed by atoms with van der Waals surface area (Å²) in [6, 6.07) is 13.0. The van der Waals surface area contributed by atoms with E-state index in [2.05, 4.69) is 20.8 Å². The van der Waals surface area contributed by atoms with Gasteiger partial charge in [-0.3, -0.25) is 4.79 Å². The van der Waals surface area contributed by atoms with Gasteiger partial charge in [-0.05, 0) is 37.1 Å². The summed E-state index contributed by atoms with van der Waals surface area (Å²) in [5.74, 6) is 0.402. The van der Waals surface area contributed by atoms with Gasteiger partial charge in [-0.15, -0.1) is 10.2 Å². The number of methoxy groups -OCH3 is 1. The van der Waals surface area contributed by atoms with E-state index in [0.29, 0.717) is 11.5 Å². The van der Waals surface area contributed by atoms with E-state index in [0.717, 1.165) is 18.5 Å². The summed E-state index contributed by atoms with van der Waals surface area (Å²) >= 11 is 0. The van der Waals surface area contributed by atoms with Crippen LogP contribution in [0.4, 0.5) is 11.5 Å². The van der Waals surface area contributed by atoms with Crippen LogP contribution in [-0.4, -0.2) is 35.4 Å². The second kappa shape index (κ2) is 8.58. The first kappa shape index (κ1) is 17.4. The minimum atomic E-state index is -0.269. The van der Waals surface area contributed by atoms with Crippen molar-refractivity contribution in [3.8, 4) is 0 Å². The monoisotopic (exact) mass is 340 g/mol. The molecule has 25 heavy (non-hydrogen) atoms. The number of carbonyl (C=O) groups excluding carboxylic acids is 1. The number of rotatable bonds is 5. The third-order valence-electron chi connectivity index (χ3n) is 4.52. The molecular formula is C19H24N4O2. The number of hydrogen-bond acceptors (Lipinski definition) is 5. The minimum absolute atomic E-state index is 0.186. The van der Waals surface area contributed by atoms with Crippen molar-refractivity contribution < 1.29 is 9.53 Å². The summed E-state index contributed by atoms with van der Waals surface area (Å²) in [5, 5.41) is 14.4. The van der Waals surface area contributed by atoms with Crippen LogP contribution in [-0.2, 0) is 4.74 Å². The normalized spacial score (nSPS) is 20.5. The molecule has 0 saturated heterocycles. The fraction of sp³-hybridized carbons (Fsp3) is 0.421. The van der Waals surface area contributed by atoms with E-state index in [9.17, 15) is 4.79 Å². The van der Waals surface area contributed by atoms with Gasteiger partial charge in [-0.2, -0.15) is 0 Å². The van der Waals surface area contributed by atoms with Gasteiger partial charge in [0.1, 0.15) is 5.82 Å². The fourth-order valence-corrected chi connectivity index (χ4v) is 3.16. The summed E-state index contributed by atoms with van der Waals surface area (Å²) in [4.78, 5) is 12.2. The van der Waals surface area contributed by atoms with Crippen molar-refractivity contribution in [2.75, 3.05) is 17.7 Å². The molecular weight excluding hydrogens is 316 g/mol. The van der Waals surface area contributed by atoms with E-state index in [1.54, 1.807) is 19.2 Å². The van der Waals surface area contributed by atoms with Crippen LogP contribution < -0.4 is 10.6 Å². The third-order valence-corrected chi connectivity index (χ3v) is 4.52. The number of ether oxygens (including phenoxy) is 1. The van der Waals surface area contributed by atoms with Crippen molar-refractivity contribution in [2.45, 2.75) is 44.2 Å². The van der Waals surface area contributed by atoms with Crippen LogP contribution in [0.3, 0.4) is 0 Å². The Morgan fingerprint density at radius 3 is 2.56 bits per heavy atom. The average molecular weight is 340 g/mol. The molecule has 0 aliphatic heterocycles. The molecule has 1 aromatic carbocycles. The Hall–Kier alpha value is -2.47. The van der Waals surface area contributed by atoms with Crippen molar-refractivity contribution in [3.05, 3.63) is 48.2 Å². The predicted octanol–water partition coefficient (Wildman–Crippen LogP) is 3.49. The average Bonchev–Trinajstić information content (AvgIpc) is 2.88. The largest absolute Gasteiger partial charge is 0.379 e. The molecule has 3 rings (SSSR count). The number of hydrogen-bond donors (Lipinski definition) is 2. The molecule has 2 atom stereocenters. The zero-order valence-electron chi connectivity index (χ0n) is 14.4. The molecule has 1 aliphatic rings. The second-order valence-corrected chi connectivity index (χ2v) is 6.29. The Balaban J connectivity index is 1.62. The van der Waals surface area contributed by atoms with E-state index in [4.69, 9.17) is 4.74 Å². The lowest BCUT2D eigenvalue weighted by atomic mass is 10.1. The molecule has 0 radical (unpaired) electrons. The lowest BCUT2D eigenvalue weighted by Gasteiger charge is -2.25. The molecule has 0 unspecified atom stereocenters. The minimum Gasteiger partial charge on any atom is -0.379 e. The summed E-state index contributed by atoms with van der Waals surface area (Å²) in [7, 11) is 1.76. The molecule has 1 heterocycles. The molecule has 1 saturated carbocycles. The Kier molecular flexibility index (Phi) is 5.95. The Morgan fingerprint density at radius 2 is 1.84 bits per heavy atom. The molecule has 1 fully saturated rings. The highest BCUT2D eigenvalue weighted by Gasteiger charge is 2.23. The molecule has 1 amide bonds. The topological polar surface area (TPSA) is 76.1 Å². The lowest BCUT2D eigenvalue weighted by Crippen LogP contribution is -2.34. The summed E-state index contributed by atoms with van der Waals surface area (Å²) in [5.41, 5.74) is 1.02. The number of benzene rings is 1. The van der Waals surface area contributed by atoms with Crippen molar-refractivity contribution in [3.63, 3.8) is 0 Å². The maximum atomic E-state index is 12.2. The number of anilines is 2. The Bertz CT molecular complexity index is 676. The van der Waals surface area contributed by atoms with E-state index >= 15 is 0 Å². The Morgan fingerprint density at radius 1 is 1.04 bits per heavy atom. The van der Waals surface area contributed by atoms with Gasteiger partial charge in [-0.25, -0.2) is 0 Å². The van der Waals surface area contributed by atoms with Crippen LogP contribution >= 0.6 is 0 Å². The summed E-state index contributed by atoms with van der Waals surface area (Å²) in [6.45, 7) is 0. The molecule has 2 N–H and O–H groups in total. The number of aromatic nitrogens is 2. The zero-order valence-corrected chi connectivity index (χ0v) is 14.4. The standard InChI is InChI=1S/C19H24N4O2/c1-25-17-11-7-3-6-10-15(17)21-18-13-12-16(22-23-18)19(24)20-14-8-4-2-5-9-14/h2,4-5,8-9,12-13,15,17H,3,6-7,10-11H2,1H3,(H,20,24)(H,21,23)/t15-,17-/m0/s1. The van der Waals surface area contributed by atoms with Crippen LogP contribution in [0.5, 0.6) is 0 Å². The van der Waals surface area contributed by atoms with Gasteiger partial charge in [0, 0.05) is 12.8 Å². The van der Waals surface area contributed by atoms with E-state index in [1.165, 1.54) is 19.3 Å². The van der Waals surface area contributed by atoms with Gasteiger partial charge in [0.15, 0.2) is 5.69 Å². The van der Waals surface area contributed by atoms with Gasteiger partial charge in [0.05, 0.1) is 12.1 Å². The van der Waals surface area contributed by atoms with Gasteiger partial charge in [0.2, 0.25) is 0 Å². The van der Waals surface area contributed by atoms with Crippen molar-refractivity contribution in [1.29, 1.82) is 0 Å². The number of nitrogens with zero attached hydrogens (tertiary/aromatic N) is 2. The van der Waals surface area contributed by atoms with Crippen LogP contribution in [0.1, 0.15) is 42.6 Å². The molecule has 0 bridgehead atoms. The van der Waals surface area contributed by atoms with Crippen LogP contribution in [0.15, 0.2) is 42.5 Å². The molecule has 1 aromatic heterocycles. The number of carbonyl (C=O) groups is 1. The van der Waals surface area contributed by atoms with Crippen molar-refractivity contribution >= 4 is 17.4 Å². The van der Waals surface area contributed by atoms with E-state index in [-0.39, 0.29) is 18.1 Å². The van der Waals surface area contributed by atoms with Crippen LogP contribution in [0.25, 0.3) is 0 Å².